The van der Waals surface area contributed by atoms with Gasteiger partial charge in [-0.05, 0) is 46.1 Å². The van der Waals surface area contributed by atoms with Gasteiger partial charge in [0.15, 0.2) is 0 Å². The lowest BCUT2D eigenvalue weighted by Crippen LogP contribution is -2.42. The summed E-state index contributed by atoms with van der Waals surface area (Å²) in [4.78, 5) is 0. The van der Waals surface area contributed by atoms with Crippen molar-refractivity contribution in [3.8, 4) is 0 Å². The summed E-state index contributed by atoms with van der Waals surface area (Å²) in [6.07, 6.45) is 3.71. The van der Waals surface area contributed by atoms with Gasteiger partial charge in [-0.2, -0.15) is 5.10 Å². The second-order valence-electron chi connectivity index (χ2n) is 5.34. The number of halogens is 1. The number of hydrogen-bond donors (Lipinski definition) is 1. The third kappa shape index (κ3) is 3.30. The van der Waals surface area contributed by atoms with E-state index in [0.29, 0.717) is 12.0 Å². The highest BCUT2D eigenvalue weighted by molar-refractivity contribution is 6.30. The number of aryl methyl sites for hydroxylation is 2. The van der Waals surface area contributed by atoms with Crippen LogP contribution in [0.25, 0.3) is 0 Å². The maximum atomic E-state index is 6.32. The summed E-state index contributed by atoms with van der Waals surface area (Å²) in [5.41, 5.74) is 2.15. The molecule has 1 aromatic heterocycles. The van der Waals surface area contributed by atoms with E-state index in [1.807, 2.05) is 21.0 Å². The van der Waals surface area contributed by atoms with E-state index in [9.17, 15) is 0 Å². The minimum Gasteiger partial charge on any atom is -0.377 e. The zero-order chi connectivity index (χ0) is 14.0. The molecule has 1 fully saturated rings. The Morgan fingerprint density at radius 1 is 1.53 bits per heavy atom. The van der Waals surface area contributed by atoms with E-state index >= 15 is 0 Å². The van der Waals surface area contributed by atoms with Crippen molar-refractivity contribution >= 4 is 11.6 Å². The molecule has 1 aliphatic carbocycles. The molecule has 0 spiro atoms. The Labute approximate surface area is 120 Å². The Balaban J connectivity index is 2.13. The first-order chi connectivity index (χ1) is 9.08. The first-order valence-electron chi connectivity index (χ1n) is 7.05. The summed E-state index contributed by atoms with van der Waals surface area (Å²) < 4.78 is 7.69. The van der Waals surface area contributed by atoms with E-state index in [1.165, 1.54) is 12.8 Å². The molecule has 5 heteroatoms. The molecule has 0 aliphatic heterocycles. The topological polar surface area (TPSA) is 39.1 Å². The molecule has 0 aromatic carbocycles. The molecule has 2 rings (SSSR count). The Kier molecular flexibility index (Phi) is 4.87. The van der Waals surface area contributed by atoms with Gasteiger partial charge >= 0.3 is 0 Å². The number of nitrogens with one attached hydrogen (secondary N) is 1. The molecule has 0 amide bonds. The molecule has 0 radical (unpaired) electrons. The Bertz CT molecular complexity index is 429. The van der Waals surface area contributed by atoms with Crippen molar-refractivity contribution in [1.82, 2.24) is 15.1 Å². The van der Waals surface area contributed by atoms with Crippen LogP contribution >= 0.6 is 11.6 Å². The minimum absolute atomic E-state index is 0.283. The molecular weight excluding hydrogens is 262 g/mol. The van der Waals surface area contributed by atoms with Crippen LogP contribution in [0, 0.1) is 12.8 Å². The molecule has 1 heterocycles. The second-order valence-corrected chi connectivity index (χ2v) is 5.69. The summed E-state index contributed by atoms with van der Waals surface area (Å²) in [7, 11) is 3.88. The molecule has 1 aromatic rings. The maximum Gasteiger partial charge on any atom is 0.130 e. The highest BCUT2D eigenvalue weighted by Gasteiger charge is 2.37. The van der Waals surface area contributed by atoms with Gasteiger partial charge in [0.25, 0.3) is 0 Å². The average Bonchev–Trinajstić information content (AvgIpc) is 3.17. The molecule has 2 atom stereocenters. The number of ether oxygens (including phenoxy) is 1. The molecule has 2 unspecified atom stereocenters. The number of aromatic nitrogens is 2. The van der Waals surface area contributed by atoms with Gasteiger partial charge in [-0.1, -0.05) is 11.6 Å². The van der Waals surface area contributed by atoms with Crippen molar-refractivity contribution in [2.24, 2.45) is 13.0 Å². The SMILES string of the molecule is CCOC(C1CC1)C(Cc1c(C)nn(C)c1Cl)NC. The minimum atomic E-state index is 0.283. The third-order valence-corrected chi connectivity index (χ3v) is 4.38. The van der Waals surface area contributed by atoms with Crippen LogP contribution in [0.3, 0.4) is 0 Å². The second kappa shape index (κ2) is 6.25. The van der Waals surface area contributed by atoms with Crippen molar-refractivity contribution in [2.45, 2.75) is 45.3 Å². The summed E-state index contributed by atoms with van der Waals surface area (Å²) in [6, 6.07) is 0.299. The van der Waals surface area contributed by atoms with Gasteiger partial charge in [0.05, 0.1) is 11.8 Å². The van der Waals surface area contributed by atoms with E-state index in [0.717, 1.165) is 29.4 Å². The van der Waals surface area contributed by atoms with Crippen LogP contribution in [0.15, 0.2) is 0 Å². The molecule has 1 aliphatic rings. The maximum absolute atomic E-state index is 6.32. The molecule has 108 valence electrons. The van der Waals surface area contributed by atoms with Gasteiger partial charge in [-0.25, -0.2) is 0 Å². The lowest BCUT2D eigenvalue weighted by molar-refractivity contribution is 0.0210. The van der Waals surface area contributed by atoms with Crippen molar-refractivity contribution in [1.29, 1.82) is 0 Å². The lowest BCUT2D eigenvalue weighted by Gasteiger charge is -2.27. The van der Waals surface area contributed by atoms with Crippen LogP contribution in [0.5, 0.6) is 0 Å². The normalized spacial score (nSPS) is 18.6. The van der Waals surface area contributed by atoms with Gasteiger partial charge in [0.2, 0.25) is 0 Å². The standard InChI is InChI=1S/C14H24ClN3O/c1-5-19-13(10-6-7-10)12(16-3)8-11-9(2)17-18(4)14(11)15/h10,12-13,16H,5-8H2,1-4H3. The highest BCUT2D eigenvalue weighted by atomic mass is 35.5. The fourth-order valence-electron chi connectivity index (χ4n) is 2.71. The molecular formula is C14H24ClN3O. The largest absolute Gasteiger partial charge is 0.377 e. The molecule has 4 nitrogen and oxygen atoms in total. The summed E-state index contributed by atoms with van der Waals surface area (Å²) in [5, 5.41) is 8.52. The van der Waals surface area contributed by atoms with Crippen LogP contribution in [-0.2, 0) is 18.2 Å². The van der Waals surface area contributed by atoms with E-state index in [1.54, 1.807) is 4.68 Å². The lowest BCUT2D eigenvalue weighted by atomic mass is 9.98. The zero-order valence-electron chi connectivity index (χ0n) is 12.2. The molecule has 19 heavy (non-hydrogen) atoms. The van der Waals surface area contributed by atoms with E-state index in [-0.39, 0.29) is 6.10 Å². The first kappa shape index (κ1) is 14.8. The van der Waals surface area contributed by atoms with Crippen LogP contribution in [0.1, 0.15) is 31.0 Å². The van der Waals surface area contributed by atoms with Gasteiger partial charge < -0.3 is 10.1 Å². The monoisotopic (exact) mass is 285 g/mol. The average molecular weight is 286 g/mol. The molecule has 0 bridgehead atoms. The quantitative estimate of drug-likeness (QED) is 0.836. The van der Waals surface area contributed by atoms with Crippen molar-refractivity contribution in [2.75, 3.05) is 13.7 Å². The smallest absolute Gasteiger partial charge is 0.130 e. The van der Waals surface area contributed by atoms with Gasteiger partial charge in [0, 0.05) is 25.3 Å². The zero-order valence-corrected chi connectivity index (χ0v) is 13.0. The Hall–Kier alpha value is -0.580. The van der Waals surface area contributed by atoms with Crippen LogP contribution in [-0.4, -0.2) is 35.6 Å². The Morgan fingerprint density at radius 2 is 2.21 bits per heavy atom. The molecule has 1 N–H and O–H groups in total. The van der Waals surface area contributed by atoms with E-state index < -0.39 is 0 Å². The van der Waals surface area contributed by atoms with Gasteiger partial charge in [0.1, 0.15) is 5.15 Å². The number of nitrogens with zero attached hydrogens (tertiary/aromatic N) is 2. The first-order valence-corrected chi connectivity index (χ1v) is 7.43. The summed E-state index contributed by atoms with van der Waals surface area (Å²) in [5.74, 6) is 0.702. The number of rotatable bonds is 7. The van der Waals surface area contributed by atoms with Gasteiger partial charge in [-0.3, -0.25) is 4.68 Å². The van der Waals surface area contributed by atoms with Crippen LogP contribution in [0.2, 0.25) is 5.15 Å². The fraction of sp³-hybridized carbons (Fsp3) is 0.786. The highest BCUT2D eigenvalue weighted by Crippen LogP contribution is 2.37. The van der Waals surface area contributed by atoms with Crippen LogP contribution in [0.4, 0.5) is 0 Å². The summed E-state index contributed by atoms with van der Waals surface area (Å²) in [6.45, 7) is 4.84. The fourth-order valence-corrected chi connectivity index (χ4v) is 2.96. The van der Waals surface area contributed by atoms with Gasteiger partial charge in [-0.15, -0.1) is 0 Å². The van der Waals surface area contributed by atoms with Crippen molar-refractivity contribution in [3.63, 3.8) is 0 Å². The third-order valence-electron chi connectivity index (χ3n) is 3.91. The van der Waals surface area contributed by atoms with Crippen LogP contribution < -0.4 is 5.32 Å². The predicted octanol–water partition coefficient (Wildman–Crippen LogP) is 2.33. The van der Waals surface area contributed by atoms with Crippen molar-refractivity contribution < 1.29 is 4.74 Å². The van der Waals surface area contributed by atoms with E-state index in [4.69, 9.17) is 16.3 Å². The Morgan fingerprint density at radius 3 is 2.63 bits per heavy atom. The number of likely N-dealkylation sites (N-methyl/N-ethyl adjacent to an activating group) is 1. The molecule has 1 saturated carbocycles. The summed E-state index contributed by atoms with van der Waals surface area (Å²) >= 11 is 6.32. The van der Waals surface area contributed by atoms with Crippen molar-refractivity contribution in [3.05, 3.63) is 16.4 Å². The number of hydrogen-bond acceptors (Lipinski definition) is 3. The predicted molar refractivity (Wildman–Crippen MR) is 77.6 cm³/mol. The molecule has 0 saturated heterocycles. The van der Waals surface area contributed by atoms with E-state index in [2.05, 4.69) is 17.3 Å².